The fraction of sp³-hybridized carbons (Fsp3) is 0. The van der Waals surface area contributed by atoms with Gasteiger partial charge >= 0.3 is 5.97 Å². The lowest BCUT2D eigenvalue weighted by atomic mass is 10.2. The second-order valence-electron chi connectivity index (χ2n) is 3.86. The van der Waals surface area contributed by atoms with Crippen LogP contribution in [-0.4, -0.2) is 11.9 Å². The first-order chi connectivity index (χ1) is 9.22. The molecule has 1 aliphatic rings. The van der Waals surface area contributed by atoms with Crippen LogP contribution in [0.25, 0.3) is 6.08 Å². The Morgan fingerprint density at radius 2 is 2.00 bits per heavy atom. The summed E-state index contributed by atoms with van der Waals surface area (Å²) in [5.74, 6) is -0.500. The second-order valence-corrected chi connectivity index (χ2v) is 4.81. The summed E-state index contributed by atoms with van der Waals surface area (Å²) < 4.78 is 17.9. The molecular weight excluding hydrogens is 265 g/mol. The molecule has 0 fully saturated rings. The molecule has 2 aromatic rings. The van der Waals surface area contributed by atoms with Crippen LogP contribution in [-0.2, 0) is 9.53 Å². The Balaban J connectivity index is 1.92. The topological polar surface area (TPSA) is 38.7 Å². The number of hydrogen-bond acceptors (Lipinski definition) is 4. The Morgan fingerprint density at radius 3 is 2.68 bits per heavy atom. The van der Waals surface area contributed by atoms with E-state index in [2.05, 4.69) is 4.99 Å². The van der Waals surface area contributed by atoms with E-state index in [1.54, 1.807) is 18.2 Å². The zero-order chi connectivity index (χ0) is 13.2. The maximum atomic E-state index is 12.8. The van der Waals surface area contributed by atoms with Gasteiger partial charge in [0.2, 0.25) is 5.90 Å². The quantitative estimate of drug-likeness (QED) is 0.622. The van der Waals surface area contributed by atoms with E-state index in [0.29, 0.717) is 11.5 Å². The first-order valence-electron chi connectivity index (χ1n) is 5.54. The third kappa shape index (κ3) is 2.46. The van der Waals surface area contributed by atoms with Crippen molar-refractivity contribution in [2.75, 3.05) is 0 Å². The predicted molar refractivity (Wildman–Crippen MR) is 71.3 cm³/mol. The first kappa shape index (κ1) is 11.8. The number of benzene rings is 1. The van der Waals surface area contributed by atoms with Gasteiger partial charge in [-0.3, -0.25) is 0 Å². The molecule has 0 amide bonds. The van der Waals surface area contributed by atoms with Gasteiger partial charge in [0.15, 0.2) is 5.70 Å². The number of cyclic esters (lactones) is 1. The summed E-state index contributed by atoms with van der Waals surface area (Å²) in [6.45, 7) is 0. The molecule has 5 heteroatoms. The van der Waals surface area contributed by atoms with Gasteiger partial charge < -0.3 is 4.74 Å². The van der Waals surface area contributed by atoms with Crippen molar-refractivity contribution in [1.82, 2.24) is 0 Å². The summed E-state index contributed by atoms with van der Waals surface area (Å²) in [6, 6.07) is 9.51. The maximum Gasteiger partial charge on any atom is 0.363 e. The number of thiophene rings is 1. The molecule has 1 aliphatic heterocycles. The van der Waals surface area contributed by atoms with Crippen molar-refractivity contribution in [1.29, 1.82) is 0 Å². The molecule has 2 heterocycles. The minimum atomic E-state index is -0.493. The van der Waals surface area contributed by atoms with Crippen molar-refractivity contribution in [2.24, 2.45) is 4.99 Å². The second kappa shape index (κ2) is 4.78. The van der Waals surface area contributed by atoms with Gasteiger partial charge in [0.1, 0.15) is 5.82 Å². The smallest absolute Gasteiger partial charge is 0.363 e. The lowest BCUT2D eigenvalue weighted by molar-refractivity contribution is -0.129. The van der Waals surface area contributed by atoms with Crippen LogP contribution in [0.15, 0.2) is 52.5 Å². The third-order valence-corrected chi connectivity index (χ3v) is 3.38. The average molecular weight is 273 g/mol. The van der Waals surface area contributed by atoms with Gasteiger partial charge in [-0.25, -0.2) is 14.2 Å². The van der Waals surface area contributed by atoms with Crippen molar-refractivity contribution < 1.29 is 13.9 Å². The molecule has 1 aromatic heterocycles. The summed E-state index contributed by atoms with van der Waals surface area (Å²) >= 11 is 1.45. The average Bonchev–Trinajstić information content (AvgIpc) is 3.03. The summed E-state index contributed by atoms with van der Waals surface area (Å²) in [7, 11) is 0. The minimum absolute atomic E-state index is 0.218. The molecule has 0 unspecified atom stereocenters. The van der Waals surface area contributed by atoms with Crippen molar-refractivity contribution in [3.63, 3.8) is 0 Å². The number of nitrogens with zero attached hydrogens (tertiary/aromatic N) is 1. The fourth-order valence-corrected chi connectivity index (χ4v) is 2.28. The number of carbonyl (C=O) groups is 1. The molecular formula is C14H8FNO2S. The zero-order valence-corrected chi connectivity index (χ0v) is 10.5. The Kier molecular flexibility index (Phi) is 2.97. The highest BCUT2D eigenvalue weighted by atomic mass is 32.1. The van der Waals surface area contributed by atoms with Crippen LogP contribution >= 0.6 is 11.3 Å². The van der Waals surface area contributed by atoms with E-state index >= 15 is 0 Å². The summed E-state index contributed by atoms with van der Waals surface area (Å²) in [4.78, 5) is 16.6. The largest absolute Gasteiger partial charge is 0.401 e. The van der Waals surface area contributed by atoms with Crippen LogP contribution in [0.5, 0.6) is 0 Å². The Bertz CT molecular complexity index is 672. The van der Waals surface area contributed by atoms with Gasteiger partial charge in [0, 0.05) is 0 Å². The van der Waals surface area contributed by atoms with Gasteiger partial charge in [-0.2, -0.15) is 0 Å². The van der Waals surface area contributed by atoms with Crippen molar-refractivity contribution in [2.45, 2.75) is 0 Å². The van der Waals surface area contributed by atoms with E-state index in [4.69, 9.17) is 4.74 Å². The standard InChI is InChI=1S/C14H8FNO2S/c15-10-5-3-9(4-6-10)8-11-14(17)18-13(16-11)12-2-1-7-19-12/h1-8H. The highest BCUT2D eigenvalue weighted by molar-refractivity contribution is 7.12. The van der Waals surface area contributed by atoms with E-state index < -0.39 is 5.97 Å². The number of rotatable bonds is 2. The summed E-state index contributed by atoms with van der Waals surface area (Å²) in [5, 5.41) is 1.88. The van der Waals surface area contributed by atoms with Crippen molar-refractivity contribution >= 4 is 29.3 Å². The number of ether oxygens (including phenoxy) is 1. The molecule has 0 aliphatic carbocycles. The first-order valence-corrected chi connectivity index (χ1v) is 6.42. The third-order valence-electron chi connectivity index (χ3n) is 2.53. The summed E-state index contributed by atoms with van der Waals surface area (Å²) in [5.41, 5.74) is 0.916. The van der Waals surface area contributed by atoms with E-state index in [1.165, 1.54) is 23.5 Å². The van der Waals surface area contributed by atoms with Crippen LogP contribution in [0.2, 0.25) is 0 Å². The van der Waals surface area contributed by atoms with E-state index in [9.17, 15) is 9.18 Å². The number of aliphatic imine (C=N–C) groups is 1. The van der Waals surface area contributed by atoms with Crippen LogP contribution in [0.4, 0.5) is 4.39 Å². The molecule has 0 radical (unpaired) electrons. The van der Waals surface area contributed by atoms with Crippen molar-refractivity contribution in [3.05, 3.63) is 63.7 Å². The molecule has 1 aromatic carbocycles. The van der Waals surface area contributed by atoms with E-state index in [-0.39, 0.29) is 11.5 Å². The molecule has 0 spiro atoms. The van der Waals surface area contributed by atoms with Gasteiger partial charge in [-0.05, 0) is 35.2 Å². The lowest BCUT2D eigenvalue weighted by Gasteiger charge is -1.94. The molecule has 19 heavy (non-hydrogen) atoms. The maximum absolute atomic E-state index is 12.8. The molecule has 0 saturated heterocycles. The van der Waals surface area contributed by atoms with Crippen LogP contribution in [0.1, 0.15) is 10.4 Å². The SMILES string of the molecule is O=C1OC(c2cccs2)=NC1=Cc1ccc(F)cc1. The minimum Gasteiger partial charge on any atom is -0.401 e. The van der Waals surface area contributed by atoms with Crippen molar-refractivity contribution in [3.8, 4) is 0 Å². The highest BCUT2D eigenvalue weighted by Crippen LogP contribution is 2.21. The Labute approximate surface area is 112 Å². The van der Waals surface area contributed by atoms with Gasteiger partial charge in [-0.15, -0.1) is 11.3 Å². The number of carbonyl (C=O) groups excluding carboxylic acids is 1. The molecule has 0 saturated carbocycles. The normalized spacial score (nSPS) is 16.6. The molecule has 0 bridgehead atoms. The highest BCUT2D eigenvalue weighted by Gasteiger charge is 2.24. The molecule has 0 atom stereocenters. The monoisotopic (exact) mass is 273 g/mol. The van der Waals surface area contributed by atoms with Crippen LogP contribution in [0, 0.1) is 5.82 Å². The molecule has 3 nitrogen and oxygen atoms in total. The van der Waals surface area contributed by atoms with E-state index in [1.807, 2.05) is 17.5 Å². The predicted octanol–water partition coefficient (Wildman–Crippen LogP) is 3.23. The molecule has 94 valence electrons. The number of hydrogen-bond donors (Lipinski definition) is 0. The molecule has 0 N–H and O–H groups in total. The number of esters is 1. The van der Waals surface area contributed by atoms with Crippen LogP contribution in [0.3, 0.4) is 0 Å². The Hall–Kier alpha value is -2.27. The fourth-order valence-electron chi connectivity index (χ4n) is 1.63. The Morgan fingerprint density at radius 1 is 1.21 bits per heavy atom. The lowest BCUT2D eigenvalue weighted by Crippen LogP contribution is -2.03. The van der Waals surface area contributed by atoms with Gasteiger partial charge in [0.25, 0.3) is 0 Å². The van der Waals surface area contributed by atoms with Gasteiger partial charge in [0.05, 0.1) is 4.88 Å². The zero-order valence-electron chi connectivity index (χ0n) is 9.67. The van der Waals surface area contributed by atoms with E-state index in [0.717, 1.165) is 4.88 Å². The van der Waals surface area contributed by atoms with Crippen LogP contribution < -0.4 is 0 Å². The van der Waals surface area contributed by atoms with Gasteiger partial charge in [-0.1, -0.05) is 18.2 Å². The molecule has 3 rings (SSSR count). The number of halogens is 1. The summed E-state index contributed by atoms with van der Waals surface area (Å²) in [6.07, 6.45) is 1.57.